The van der Waals surface area contributed by atoms with E-state index in [2.05, 4.69) is 15.5 Å². The van der Waals surface area contributed by atoms with Crippen molar-refractivity contribution in [3.05, 3.63) is 64.7 Å². The van der Waals surface area contributed by atoms with E-state index in [4.69, 9.17) is 11.6 Å². The first-order valence-corrected chi connectivity index (χ1v) is 9.84. The largest absolute Gasteiger partial charge is 0.436 e. The molecule has 2 aromatic heterocycles. The number of carbonyl (C=O) groups is 1. The van der Waals surface area contributed by atoms with Crippen LogP contribution in [0.1, 0.15) is 48.7 Å². The minimum atomic E-state index is -4.68. The summed E-state index contributed by atoms with van der Waals surface area (Å²) >= 11 is 6.00. The quantitative estimate of drug-likeness (QED) is 0.598. The van der Waals surface area contributed by atoms with Crippen molar-refractivity contribution in [1.82, 2.24) is 19.6 Å². The van der Waals surface area contributed by atoms with Crippen molar-refractivity contribution in [2.24, 2.45) is 0 Å². The van der Waals surface area contributed by atoms with Crippen molar-refractivity contribution in [3.8, 4) is 0 Å². The molecule has 1 fully saturated rings. The molecule has 1 unspecified atom stereocenters. The number of hydrogen-bond acceptors (Lipinski definition) is 3. The van der Waals surface area contributed by atoms with Crippen molar-refractivity contribution in [3.63, 3.8) is 0 Å². The summed E-state index contributed by atoms with van der Waals surface area (Å²) in [5, 5.41) is 10.2. The molecule has 1 saturated carbocycles. The molecule has 0 radical (unpaired) electrons. The average molecular weight is 438 g/mol. The normalized spacial score (nSPS) is 15.2. The zero-order valence-electron chi connectivity index (χ0n) is 16.0. The Bertz CT molecular complexity index is 1060. The lowest BCUT2D eigenvalue weighted by molar-refractivity contribution is -0.141. The maximum Gasteiger partial charge on any atom is 0.436 e. The van der Waals surface area contributed by atoms with Crippen molar-refractivity contribution in [2.45, 2.75) is 44.4 Å². The number of aromatic nitrogens is 4. The van der Waals surface area contributed by atoms with Crippen LogP contribution in [-0.4, -0.2) is 25.5 Å². The van der Waals surface area contributed by atoms with E-state index in [1.165, 1.54) is 6.92 Å². The zero-order chi connectivity index (χ0) is 21.5. The van der Waals surface area contributed by atoms with Gasteiger partial charge in [-0.1, -0.05) is 23.7 Å². The second-order valence-electron chi connectivity index (χ2n) is 7.33. The van der Waals surface area contributed by atoms with Gasteiger partial charge in [-0.2, -0.15) is 23.4 Å². The molecule has 6 nitrogen and oxygen atoms in total. The Hall–Kier alpha value is -2.81. The number of benzene rings is 1. The highest BCUT2D eigenvalue weighted by Gasteiger charge is 2.43. The van der Waals surface area contributed by atoms with Crippen LogP contribution in [0.15, 0.2) is 42.7 Å². The molecule has 0 aliphatic heterocycles. The number of rotatable bonds is 6. The lowest BCUT2D eigenvalue weighted by Gasteiger charge is -2.16. The van der Waals surface area contributed by atoms with Crippen molar-refractivity contribution in [2.75, 3.05) is 5.32 Å². The molecule has 1 atom stereocenters. The summed E-state index contributed by atoms with van der Waals surface area (Å²) in [7, 11) is 0. The van der Waals surface area contributed by atoms with Gasteiger partial charge < -0.3 is 5.32 Å². The first-order chi connectivity index (χ1) is 14.2. The number of nitrogens with one attached hydrogen (secondary N) is 1. The number of nitrogens with zero attached hydrogens (tertiary/aromatic N) is 4. The Morgan fingerprint density at radius 2 is 2.10 bits per heavy atom. The lowest BCUT2D eigenvalue weighted by atomic mass is 10.2. The fourth-order valence-corrected chi connectivity index (χ4v) is 3.70. The highest BCUT2D eigenvalue weighted by Crippen LogP contribution is 2.47. The van der Waals surface area contributed by atoms with E-state index in [0.717, 1.165) is 23.1 Å². The van der Waals surface area contributed by atoms with Crippen LogP contribution < -0.4 is 5.32 Å². The van der Waals surface area contributed by atoms with Gasteiger partial charge in [0.15, 0.2) is 5.69 Å². The van der Waals surface area contributed by atoms with E-state index in [-0.39, 0.29) is 11.6 Å². The van der Waals surface area contributed by atoms with E-state index >= 15 is 0 Å². The highest BCUT2D eigenvalue weighted by atomic mass is 35.5. The molecule has 1 amide bonds. The molecule has 2 heterocycles. The molecule has 30 heavy (non-hydrogen) atoms. The number of hydrogen-bond donors (Lipinski definition) is 1. The topological polar surface area (TPSA) is 64.7 Å². The molecule has 0 spiro atoms. The third-order valence-electron chi connectivity index (χ3n) is 4.96. The van der Waals surface area contributed by atoms with Crippen molar-refractivity contribution >= 4 is 23.2 Å². The summed E-state index contributed by atoms with van der Waals surface area (Å²) in [4.78, 5) is 12.8. The molecule has 0 saturated heterocycles. The summed E-state index contributed by atoms with van der Waals surface area (Å²) in [5.74, 6) is -0.574. The van der Waals surface area contributed by atoms with Crippen LogP contribution in [-0.2, 0) is 17.5 Å². The van der Waals surface area contributed by atoms with Gasteiger partial charge in [-0.3, -0.25) is 14.2 Å². The van der Waals surface area contributed by atoms with Crippen LogP contribution in [0.25, 0.3) is 0 Å². The maximum atomic E-state index is 13.3. The molecule has 3 aromatic rings. The molecule has 10 heteroatoms. The Labute approximate surface area is 175 Å². The van der Waals surface area contributed by atoms with Gasteiger partial charge in [0.1, 0.15) is 6.04 Å². The lowest BCUT2D eigenvalue weighted by Crippen LogP contribution is -2.26. The monoisotopic (exact) mass is 437 g/mol. The predicted molar refractivity (Wildman–Crippen MR) is 105 cm³/mol. The number of carbonyl (C=O) groups excluding carboxylic acids is 1. The van der Waals surface area contributed by atoms with Crippen molar-refractivity contribution in [1.29, 1.82) is 0 Å². The molecule has 1 aliphatic carbocycles. The SMILES string of the molecule is CC(C(=O)Nc1cccc(Cn2cccn2)c1)n1nc(C(F)(F)F)c(Cl)c1C1CC1. The number of anilines is 1. The second-order valence-corrected chi connectivity index (χ2v) is 7.71. The summed E-state index contributed by atoms with van der Waals surface area (Å²) in [6.45, 7) is 2.04. The first-order valence-electron chi connectivity index (χ1n) is 9.46. The number of halogens is 4. The molecule has 158 valence electrons. The minimum absolute atomic E-state index is 0.103. The van der Waals surface area contributed by atoms with Crippen LogP contribution in [0.3, 0.4) is 0 Å². The Kier molecular flexibility index (Phi) is 5.31. The Morgan fingerprint density at radius 1 is 1.33 bits per heavy atom. The van der Waals surface area contributed by atoms with E-state index in [0.29, 0.717) is 12.2 Å². The molecule has 1 aromatic carbocycles. The van der Waals surface area contributed by atoms with Gasteiger partial charge in [0, 0.05) is 24.0 Å². The van der Waals surface area contributed by atoms with Gasteiger partial charge in [-0.05, 0) is 43.5 Å². The van der Waals surface area contributed by atoms with E-state index < -0.39 is 28.8 Å². The van der Waals surface area contributed by atoms with E-state index in [9.17, 15) is 18.0 Å². The molecule has 1 aliphatic rings. The summed E-state index contributed by atoms with van der Waals surface area (Å²) in [5.41, 5.74) is 0.592. The number of amides is 1. The van der Waals surface area contributed by atoms with Crippen LogP contribution in [0, 0.1) is 0 Å². The average Bonchev–Trinajstić information content (AvgIpc) is 3.26. The van der Waals surface area contributed by atoms with Crippen molar-refractivity contribution < 1.29 is 18.0 Å². The van der Waals surface area contributed by atoms with E-state index in [1.54, 1.807) is 29.1 Å². The van der Waals surface area contributed by atoms with Crippen LogP contribution >= 0.6 is 11.6 Å². The fraction of sp³-hybridized carbons (Fsp3) is 0.350. The molecular formula is C20H19ClF3N5O. The molecule has 1 N–H and O–H groups in total. The van der Waals surface area contributed by atoms with Gasteiger partial charge in [0.2, 0.25) is 5.91 Å². The van der Waals surface area contributed by atoms with Gasteiger partial charge >= 0.3 is 6.18 Å². The van der Waals surface area contributed by atoms with Gasteiger partial charge in [-0.25, -0.2) is 0 Å². The summed E-state index contributed by atoms with van der Waals surface area (Å²) < 4.78 is 42.7. The highest BCUT2D eigenvalue weighted by molar-refractivity contribution is 6.32. The van der Waals surface area contributed by atoms with Crippen LogP contribution in [0.4, 0.5) is 18.9 Å². The smallest absolute Gasteiger partial charge is 0.324 e. The number of alkyl halides is 3. The summed E-state index contributed by atoms with van der Waals surface area (Å²) in [6.07, 6.45) is 0.281. The molecule has 4 rings (SSSR count). The second kappa shape index (κ2) is 7.79. The first kappa shape index (κ1) is 20.5. The Balaban J connectivity index is 1.55. The van der Waals surface area contributed by atoms with Crippen LogP contribution in [0.5, 0.6) is 0 Å². The van der Waals surface area contributed by atoms with Gasteiger partial charge in [0.05, 0.1) is 17.3 Å². The molecule has 0 bridgehead atoms. The third kappa shape index (κ3) is 4.21. The minimum Gasteiger partial charge on any atom is -0.324 e. The maximum absolute atomic E-state index is 13.3. The molecular weight excluding hydrogens is 419 g/mol. The zero-order valence-corrected chi connectivity index (χ0v) is 16.8. The van der Waals surface area contributed by atoms with Gasteiger partial charge in [-0.15, -0.1) is 0 Å². The fourth-order valence-electron chi connectivity index (χ4n) is 3.31. The van der Waals surface area contributed by atoms with Crippen LogP contribution in [0.2, 0.25) is 5.02 Å². The third-order valence-corrected chi connectivity index (χ3v) is 5.34. The standard InChI is InChI=1S/C20H19ClF3N5O/c1-12(29-17(14-6-7-14)16(21)18(27-29)20(22,23)24)19(30)26-15-5-2-4-13(10-15)11-28-9-3-8-25-28/h2-5,8-10,12,14H,6-7,11H2,1H3,(H,26,30). The summed E-state index contributed by atoms with van der Waals surface area (Å²) in [6, 6.07) is 8.07. The van der Waals surface area contributed by atoms with Gasteiger partial charge in [0.25, 0.3) is 0 Å². The Morgan fingerprint density at radius 3 is 2.73 bits per heavy atom. The van der Waals surface area contributed by atoms with E-state index in [1.807, 2.05) is 18.3 Å². The predicted octanol–water partition coefficient (Wildman–Crippen LogP) is 4.88.